The molecule has 1 N–H and O–H groups in total. The van der Waals surface area contributed by atoms with Gasteiger partial charge in [0.2, 0.25) is 0 Å². The summed E-state index contributed by atoms with van der Waals surface area (Å²) in [5, 5.41) is 9.01. The van der Waals surface area contributed by atoms with E-state index < -0.39 is 15.0 Å². The first kappa shape index (κ1) is 12.2. The summed E-state index contributed by atoms with van der Waals surface area (Å²) < 4.78 is 27.7. The van der Waals surface area contributed by atoms with Crippen molar-refractivity contribution in [2.45, 2.75) is 17.7 Å². The van der Waals surface area contributed by atoms with E-state index in [1.165, 1.54) is 6.07 Å². The molecule has 17 heavy (non-hydrogen) atoms. The van der Waals surface area contributed by atoms with Gasteiger partial charge in [-0.3, -0.25) is 0 Å². The van der Waals surface area contributed by atoms with Crippen molar-refractivity contribution in [2.24, 2.45) is 0 Å². The number of carboxylic acid groups (broad SMARTS) is 1. The number of fused-ring (bicyclic) bond motifs is 1. The summed E-state index contributed by atoms with van der Waals surface area (Å²) in [5.74, 6) is -0.988. The van der Waals surface area contributed by atoms with Crippen molar-refractivity contribution in [3.05, 3.63) is 23.3 Å². The molecule has 0 radical (unpaired) electrons. The highest BCUT2D eigenvalue weighted by atomic mass is 35.7. The van der Waals surface area contributed by atoms with Gasteiger partial charge in [-0.1, -0.05) is 0 Å². The molecule has 0 aliphatic carbocycles. The van der Waals surface area contributed by atoms with Crippen molar-refractivity contribution < 1.29 is 23.1 Å². The fraction of sp³-hybridized carbons (Fsp3) is 0.300. The number of hydrogen-bond donors (Lipinski definition) is 1. The number of aromatic carboxylic acids is 1. The number of carboxylic acids is 1. The highest BCUT2D eigenvalue weighted by Gasteiger charge is 2.23. The molecule has 0 atom stereocenters. The van der Waals surface area contributed by atoms with E-state index in [2.05, 4.69) is 0 Å². The van der Waals surface area contributed by atoms with Gasteiger partial charge >= 0.3 is 5.97 Å². The summed E-state index contributed by atoms with van der Waals surface area (Å²) in [6.45, 7) is 0.431. The highest BCUT2D eigenvalue weighted by molar-refractivity contribution is 8.13. The smallest absolute Gasteiger partial charge is 0.339 e. The van der Waals surface area contributed by atoms with Crippen LogP contribution in [-0.4, -0.2) is 26.1 Å². The van der Waals surface area contributed by atoms with Crippen LogP contribution in [-0.2, 0) is 15.5 Å². The number of rotatable bonds is 2. The molecule has 0 aromatic heterocycles. The Morgan fingerprint density at radius 3 is 2.71 bits per heavy atom. The maximum atomic E-state index is 11.2. The van der Waals surface area contributed by atoms with Crippen LogP contribution in [0.5, 0.6) is 5.75 Å². The van der Waals surface area contributed by atoms with Crippen LogP contribution < -0.4 is 4.74 Å². The molecule has 5 nitrogen and oxygen atoms in total. The SMILES string of the molecule is O=C(O)c1cc(S(=O)(=O)Cl)cc2c1OCCC2. The Labute approximate surface area is 102 Å². The Kier molecular flexibility index (Phi) is 3.01. The summed E-state index contributed by atoms with van der Waals surface area (Å²) >= 11 is 0. The normalized spacial score (nSPS) is 14.9. The zero-order chi connectivity index (χ0) is 12.6. The molecular formula is C10H9ClO5S. The van der Waals surface area contributed by atoms with Crippen LogP contribution in [0.15, 0.2) is 17.0 Å². The second-order valence-electron chi connectivity index (χ2n) is 3.65. The van der Waals surface area contributed by atoms with Gasteiger partial charge in [0.05, 0.1) is 11.5 Å². The standard InChI is InChI=1S/C10H9ClO5S/c11-17(14,15)7-4-6-2-1-3-16-9(6)8(5-7)10(12)13/h4-5H,1-3H2,(H,12,13). The molecule has 0 fully saturated rings. The molecule has 0 bridgehead atoms. The monoisotopic (exact) mass is 276 g/mol. The molecule has 2 rings (SSSR count). The first-order chi connectivity index (χ1) is 7.89. The van der Waals surface area contributed by atoms with Crippen LogP contribution in [0, 0.1) is 0 Å². The zero-order valence-electron chi connectivity index (χ0n) is 8.64. The van der Waals surface area contributed by atoms with Gasteiger partial charge in [-0.15, -0.1) is 0 Å². The molecule has 0 amide bonds. The average Bonchev–Trinajstić information content (AvgIpc) is 2.26. The molecule has 1 aliphatic rings. The second kappa shape index (κ2) is 4.19. The van der Waals surface area contributed by atoms with Gasteiger partial charge in [0.15, 0.2) is 0 Å². The lowest BCUT2D eigenvalue weighted by molar-refractivity contribution is 0.0691. The maximum absolute atomic E-state index is 11.2. The van der Waals surface area contributed by atoms with Crippen LogP contribution in [0.2, 0.25) is 0 Å². The van der Waals surface area contributed by atoms with Crippen molar-refractivity contribution in [3.8, 4) is 5.75 Å². The molecule has 1 aliphatic heterocycles. The number of benzene rings is 1. The van der Waals surface area contributed by atoms with E-state index in [-0.39, 0.29) is 16.2 Å². The minimum absolute atomic E-state index is 0.165. The van der Waals surface area contributed by atoms with Crippen molar-refractivity contribution in [1.29, 1.82) is 0 Å². The molecule has 1 aromatic rings. The van der Waals surface area contributed by atoms with Crippen molar-refractivity contribution in [3.63, 3.8) is 0 Å². The third kappa shape index (κ3) is 2.37. The Morgan fingerprint density at radius 2 is 2.12 bits per heavy atom. The fourth-order valence-electron chi connectivity index (χ4n) is 1.75. The van der Waals surface area contributed by atoms with E-state index >= 15 is 0 Å². The molecule has 7 heteroatoms. The summed E-state index contributed by atoms with van der Waals surface area (Å²) in [7, 11) is 1.28. The van der Waals surface area contributed by atoms with Crippen molar-refractivity contribution >= 4 is 25.7 Å². The van der Waals surface area contributed by atoms with E-state index in [9.17, 15) is 13.2 Å². The first-order valence-corrected chi connectivity index (χ1v) is 7.18. The molecule has 1 aromatic carbocycles. The first-order valence-electron chi connectivity index (χ1n) is 4.87. The Hall–Kier alpha value is -1.27. The summed E-state index contributed by atoms with van der Waals surface area (Å²) in [6, 6.07) is 2.39. The molecular weight excluding hydrogens is 268 g/mol. The van der Waals surface area contributed by atoms with Gasteiger partial charge < -0.3 is 9.84 Å². The largest absolute Gasteiger partial charge is 0.492 e. The lowest BCUT2D eigenvalue weighted by atomic mass is 10.0. The number of hydrogen-bond acceptors (Lipinski definition) is 4. The number of halogens is 1. The number of aryl methyl sites for hydroxylation is 1. The summed E-state index contributed by atoms with van der Waals surface area (Å²) in [6.07, 6.45) is 1.30. The molecule has 1 heterocycles. The van der Waals surface area contributed by atoms with Crippen LogP contribution >= 0.6 is 10.7 Å². The molecule has 92 valence electrons. The number of carbonyl (C=O) groups is 1. The van der Waals surface area contributed by atoms with Crippen LogP contribution in [0.3, 0.4) is 0 Å². The molecule has 0 unspecified atom stereocenters. The zero-order valence-corrected chi connectivity index (χ0v) is 10.2. The predicted octanol–water partition coefficient (Wildman–Crippen LogP) is 1.64. The maximum Gasteiger partial charge on any atom is 0.339 e. The Balaban J connectivity index is 2.69. The van der Waals surface area contributed by atoms with Crippen LogP contribution in [0.4, 0.5) is 0 Å². The van der Waals surface area contributed by atoms with E-state index in [0.29, 0.717) is 18.6 Å². The minimum atomic E-state index is -3.94. The van der Waals surface area contributed by atoms with E-state index in [1.54, 1.807) is 0 Å². The van der Waals surface area contributed by atoms with Crippen molar-refractivity contribution in [2.75, 3.05) is 6.61 Å². The summed E-state index contributed by atoms with van der Waals surface area (Å²) in [5.41, 5.74) is 0.400. The number of ether oxygens (including phenoxy) is 1. The van der Waals surface area contributed by atoms with Gasteiger partial charge in [-0.2, -0.15) is 0 Å². The quantitative estimate of drug-likeness (QED) is 0.831. The average molecular weight is 277 g/mol. The van der Waals surface area contributed by atoms with Gasteiger partial charge in [0.1, 0.15) is 11.3 Å². The summed E-state index contributed by atoms with van der Waals surface area (Å²) in [4.78, 5) is 10.8. The van der Waals surface area contributed by atoms with Crippen LogP contribution in [0.1, 0.15) is 22.3 Å². The van der Waals surface area contributed by atoms with E-state index in [1.807, 2.05) is 0 Å². The fourth-order valence-corrected chi connectivity index (χ4v) is 2.56. The Morgan fingerprint density at radius 1 is 1.41 bits per heavy atom. The predicted molar refractivity (Wildman–Crippen MR) is 60.3 cm³/mol. The van der Waals surface area contributed by atoms with Crippen molar-refractivity contribution in [1.82, 2.24) is 0 Å². The molecule has 0 spiro atoms. The second-order valence-corrected chi connectivity index (χ2v) is 6.22. The Bertz CT molecular complexity index is 579. The third-order valence-electron chi connectivity index (χ3n) is 2.49. The van der Waals surface area contributed by atoms with Crippen LogP contribution in [0.25, 0.3) is 0 Å². The highest BCUT2D eigenvalue weighted by Crippen LogP contribution is 2.32. The van der Waals surface area contributed by atoms with E-state index in [4.69, 9.17) is 20.5 Å². The lowest BCUT2D eigenvalue weighted by Crippen LogP contribution is -2.14. The molecule has 0 saturated carbocycles. The lowest BCUT2D eigenvalue weighted by Gasteiger charge is -2.19. The van der Waals surface area contributed by atoms with Gasteiger partial charge in [0, 0.05) is 10.7 Å². The minimum Gasteiger partial charge on any atom is -0.492 e. The molecule has 0 saturated heterocycles. The van der Waals surface area contributed by atoms with E-state index in [0.717, 1.165) is 12.5 Å². The van der Waals surface area contributed by atoms with Gasteiger partial charge in [-0.05, 0) is 30.5 Å². The van der Waals surface area contributed by atoms with Gasteiger partial charge in [0.25, 0.3) is 9.05 Å². The topological polar surface area (TPSA) is 80.7 Å². The van der Waals surface area contributed by atoms with Gasteiger partial charge in [-0.25, -0.2) is 13.2 Å². The third-order valence-corrected chi connectivity index (χ3v) is 3.82.